The van der Waals surface area contributed by atoms with Gasteiger partial charge in [-0.1, -0.05) is 18.2 Å². The van der Waals surface area contributed by atoms with E-state index in [4.69, 9.17) is 16.0 Å². The molecule has 3 amide bonds. The molecule has 0 radical (unpaired) electrons. The van der Waals surface area contributed by atoms with Gasteiger partial charge in [0, 0.05) is 0 Å². The summed E-state index contributed by atoms with van der Waals surface area (Å²) in [6.07, 6.45) is -1.27. The fourth-order valence-electron chi connectivity index (χ4n) is 3.83. The van der Waals surface area contributed by atoms with Crippen LogP contribution in [-0.2, 0) is 4.74 Å². The van der Waals surface area contributed by atoms with Crippen molar-refractivity contribution in [3.8, 4) is 5.75 Å². The largest absolute Gasteiger partial charge is 0.490 e. The van der Waals surface area contributed by atoms with Crippen LogP contribution in [0.2, 0.25) is 0 Å². The van der Waals surface area contributed by atoms with E-state index < -0.39 is 30.1 Å². The summed E-state index contributed by atoms with van der Waals surface area (Å²) in [5.41, 5.74) is 1.63. The second-order valence-electron chi connectivity index (χ2n) is 6.70. The van der Waals surface area contributed by atoms with Gasteiger partial charge in [-0.2, -0.15) is 0 Å². The molecule has 3 heterocycles. The van der Waals surface area contributed by atoms with Crippen LogP contribution >= 0.6 is 0 Å². The van der Waals surface area contributed by atoms with Gasteiger partial charge in [-0.3, -0.25) is 19.4 Å². The first kappa shape index (κ1) is 16.3. The lowest BCUT2D eigenvalue weighted by Crippen LogP contribution is -2.48. The van der Waals surface area contributed by atoms with Crippen molar-refractivity contribution < 1.29 is 23.9 Å². The van der Waals surface area contributed by atoms with Crippen LogP contribution in [0.5, 0.6) is 5.75 Å². The van der Waals surface area contributed by atoms with E-state index in [0.29, 0.717) is 28.3 Å². The molecule has 28 heavy (non-hydrogen) atoms. The third-order valence-electron chi connectivity index (χ3n) is 5.19. The van der Waals surface area contributed by atoms with Crippen molar-refractivity contribution in [2.24, 2.45) is 0 Å². The molecule has 2 atom stereocenters. The van der Waals surface area contributed by atoms with Crippen molar-refractivity contribution in [2.45, 2.75) is 12.1 Å². The molecule has 5 rings (SSSR count). The summed E-state index contributed by atoms with van der Waals surface area (Å²) in [5, 5.41) is 0. The van der Waals surface area contributed by atoms with Gasteiger partial charge in [-0.15, -0.1) is 0 Å². The lowest BCUT2D eigenvalue weighted by atomic mass is 10.1. The highest BCUT2D eigenvalue weighted by atomic mass is 16.6. The fourth-order valence-corrected chi connectivity index (χ4v) is 3.83. The number of rotatable bonds is 2. The van der Waals surface area contributed by atoms with E-state index in [-0.39, 0.29) is 13.2 Å². The van der Waals surface area contributed by atoms with E-state index >= 15 is 0 Å². The summed E-state index contributed by atoms with van der Waals surface area (Å²) in [4.78, 5) is 43.6. The standard InChI is InChI=1S/C20H13N3O5/c1-21-11-6-7-14-16(8-11)27-10-15-17(28-20(26)23(14)15)9-22-18(24)12-4-2-3-5-13(12)19(22)25/h2-8,15,17H,9-10H2/t15-,17-/m0/s1. The molecule has 3 aliphatic rings. The average molecular weight is 375 g/mol. The van der Waals surface area contributed by atoms with Crippen LogP contribution in [-0.4, -0.2) is 48.1 Å². The number of imide groups is 1. The van der Waals surface area contributed by atoms with Gasteiger partial charge in [0.05, 0.1) is 29.9 Å². The van der Waals surface area contributed by atoms with Crippen LogP contribution in [0.15, 0.2) is 42.5 Å². The second-order valence-corrected chi connectivity index (χ2v) is 6.70. The number of fused-ring (bicyclic) bond motifs is 4. The highest BCUT2D eigenvalue weighted by molar-refractivity contribution is 6.21. The minimum atomic E-state index is -0.705. The zero-order valence-corrected chi connectivity index (χ0v) is 14.5. The third kappa shape index (κ3) is 2.19. The zero-order valence-electron chi connectivity index (χ0n) is 14.5. The van der Waals surface area contributed by atoms with E-state index in [2.05, 4.69) is 4.85 Å². The molecular formula is C20H13N3O5. The minimum absolute atomic E-state index is 0.0436. The van der Waals surface area contributed by atoms with Crippen LogP contribution in [0.4, 0.5) is 16.2 Å². The first-order valence-corrected chi connectivity index (χ1v) is 8.68. The predicted molar refractivity (Wildman–Crippen MR) is 96.5 cm³/mol. The summed E-state index contributed by atoms with van der Waals surface area (Å²) in [6, 6.07) is 11.0. The molecule has 2 aromatic carbocycles. The Morgan fingerprint density at radius 1 is 1.07 bits per heavy atom. The number of ether oxygens (including phenoxy) is 2. The van der Waals surface area contributed by atoms with Crippen LogP contribution in [0.25, 0.3) is 4.85 Å². The van der Waals surface area contributed by atoms with Crippen molar-refractivity contribution >= 4 is 29.3 Å². The molecule has 0 bridgehead atoms. The van der Waals surface area contributed by atoms with Crippen molar-refractivity contribution in [1.29, 1.82) is 0 Å². The molecule has 138 valence electrons. The Morgan fingerprint density at radius 2 is 1.79 bits per heavy atom. The number of amides is 3. The molecule has 8 heteroatoms. The van der Waals surface area contributed by atoms with Crippen LogP contribution in [0, 0.1) is 6.57 Å². The Bertz CT molecular complexity index is 1050. The molecule has 8 nitrogen and oxygen atoms in total. The van der Waals surface area contributed by atoms with Gasteiger partial charge in [-0.25, -0.2) is 9.64 Å². The Balaban J connectivity index is 1.42. The van der Waals surface area contributed by atoms with Gasteiger partial charge in [0.25, 0.3) is 11.8 Å². The number of carbonyl (C=O) groups excluding carboxylic acids is 3. The molecule has 0 aromatic heterocycles. The number of nitrogens with zero attached hydrogens (tertiary/aromatic N) is 3. The van der Waals surface area contributed by atoms with E-state index in [0.717, 1.165) is 4.90 Å². The number of anilines is 1. The van der Waals surface area contributed by atoms with E-state index in [1.165, 1.54) is 4.90 Å². The van der Waals surface area contributed by atoms with Crippen molar-refractivity contribution in [2.75, 3.05) is 18.1 Å². The molecule has 0 unspecified atom stereocenters. The molecule has 1 saturated heterocycles. The third-order valence-corrected chi connectivity index (χ3v) is 5.19. The Kier molecular flexibility index (Phi) is 3.39. The monoisotopic (exact) mass is 375 g/mol. The maximum absolute atomic E-state index is 12.6. The number of hydrogen-bond acceptors (Lipinski definition) is 5. The van der Waals surface area contributed by atoms with Crippen molar-refractivity contribution in [1.82, 2.24) is 4.90 Å². The normalized spacial score (nSPS) is 22.2. The molecule has 1 fully saturated rings. The maximum atomic E-state index is 12.6. The first-order chi connectivity index (χ1) is 13.6. The summed E-state index contributed by atoms with van der Waals surface area (Å²) >= 11 is 0. The highest BCUT2D eigenvalue weighted by Crippen LogP contribution is 2.41. The molecule has 0 N–H and O–H groups in total. The lowest BCUT2D eigenvalue weighted by molar-refractivity contribution is 0.0513. The summed E-state index contributed by atoms with van der Waals surface area (Å²) in [5.74, 6) is -0.356. The Morgan fingerprint density at radius 3 is 2.46 bits per heavy atom. The molecule has 0 saturated carbocycles. The van der Waals surface area contributed by atoms with Crippen molar-refractivity contribution in [3.05, 3.63) is 65.0 Å². The second kappa shape index (κ2) is 5.82. The lowest BCUT2D eigenvalue weighted by Gasteiger charge is -2.32. The van der Waals surface area contributed by atoms with E-state index in [1.807, 2.05) is 0 Å². The van der Waals surface area contributed by atoms with Crippen LogP contribution < -0.4 is 9.64 Å². The summed E-state index contributed by atoms with van der Waals surface area (Å²) in [6.45, 7) is 7.20. The summed E-state index contributed by atoms with van der Waals surface area (Å²) in [7, 11) is 0. The number of hydrogen-bond donors (Lipinski definition) is 0. The van der Waals surface area contributed by atoms with E-state index in [1.54, 1.807) is 42.5 Å². The van der Waals surface area contributed by atoms with Crippen molar-refractivity contribution in [3.63, 3.8) is 0 Å². The van der Waals surface area contributed by atoms with Gasteiger partial charge in [0.2, 0.25) is 0 Å². The number of benzene rings is 2. The average Bonchev–Trinajstić information content (AvgIpc) is 3.17. The van der Waals surface area contributed by atoms with Gasteiger partial charge >= 0.3 is 6.09 Å². The van der Waals surface area contributed by atoms with E-state index in [9.17, 15) is 14.4 Å². The van der Waals surface area contributed by atoms with Gasteiger partial charge in [0.15, 0.2) is 5.69 Å². The van der Waals surface area contributed by atoms with Gasteiger partial charge < -0.3 is 9.47 Å². The Labute approximate surface area is 159 Å². The van der Waals surface area contributed by atoms with Crippen LogP contribution in [0.3, 0.4) is 0 Å². The number of cyclic esters (lactones) is 1. The summed E-state index contributed by atoms with van der Waals surface area (Å²) < 4.78 is 11.2. The molecule has 0 spiro atoms. The molecule has 0 aliphatic carbocycles. The smallest absolute Gasteiger partial charge is 0.415 e. The quantitative estimate of drug-likeness (QED) is 0.595. The highest BCUT2D eigenvalue weighted by Gasteiger charge is 2.49. The minimum Gasteiger partial charge on any atom is -0.490 e. The Hall–Kier alpha value is -3.86. The SMILES string of the molecule is [C-]#[N+]c1ccc2c(c1)OC[C@H]1[C@H](CN3C(=O)c4ccccc4C3=O)OC(=O)N21. The van der Waals surface area contributed by atoms with Crippen LogP contribution in [0.1, 0.15) is 20.7 Å². The fraction of sp³-hybridized carbons (Fsp3) is 0.200. The molecule has 3 aliphatic heterocycles. The first-order valence-electron chi connectivity index (χ1n) is 8.68. The maximum Gasteiger partial charge on any atom is 0.415 e. The van der Waals surface area contributed by atoms with Gasteiger partial charge in [0.1, 0.15) is 24.5 Å². The topological polar surface area (TPSA) is 80.5 Å². The zero-order chi connectivity index (χ0) is 19.4. The number of carbonyl (C=O) groups is 3. The van der Waals surface area contributed by atoms with Gasteiger partial charge in [-0.05, 0) is 24.3 Å². The predicted octanol–water partition coefficient (Wildman–Crippen LogP) is 2.62. The molecule has 2 aromatic rings. The molecular weight excluding hydrogens is 362 g/mol.